The summed E-state index contributed by atoms with van der Waals surface area (Å²) in [6.45, 7) is 6.51. The first-order valence-corrected chi connectivity index (χ1v) is 9.96. The number of fused-ring (bicyclic) bond motifs is 2. The number of hydrogen-bond donors (Lipinski definition) is 1. The van der Waals surface area contributed by atoms with E-state index in [1.807, 2.05) is 39.0 Å². The maximum Gasteiger partial charge on any atom is 1.00 e. The number of benzene rings is 1. The Morgan fingerprint density at radius 1 is 1.28 bits per heavy atom. The Kier molecular flexibility index (Phi) is 9.10. The minimum Gasteiger partial charge on any atom is -0.496 e. The third-order valence-electron chi connectivity index (χ3n) is 4.08. The summed E-state index contributed by atoms with van der Waals surface area (Å²) in [5.41, 5.74) is 3.64. The smallest absolute Gasteiger partial charge is 0.496 e. The van der Waals surface area contributed by atoms with E-state index in [1.165, 1.54) is 0 Å². The Morgan fingerprint density at radius 3 is 2.62 bits per heavy atom. The van der Waals surface area contributed by atoms with E-state index in [0.29, 0.717) is 23.4 Å². The predicted octanol–water partition coefficient (Wildman–Crippen LogP) is 0.564. The zero-order valence-electron chi connectivity index (χ0n) is 17.4. The maximum atomic E-state index is 8.14. The van der Waals surface area contributed by atoms with Crippen molar-refractivity contribution in [1.82, 2.24) is 15.0 Å². The quantitative estimate of drug-likeness (QED) is 0.469. The van der Waals surface area contributed by atoms with Crippen LogP contribution in [0.2, 0.25) is 0 Å². The molecule has 0 radical (unpaired) electrons. The molecule has 3 heterocycles. The van der Waals surface area contributed by atoms with Crippen LogP contribution in [0.1, 0.15) is 25.1 Å². The Balaban J connectivity index is 0.000000450. The summed E-state index contributed by atoms with van der Waals surface area (Å²) >= 11 is 1.55. The van der Waals surface area contributed by atoms with E-state index in [-0.39, 0.29) is 36.4 Å². The van der Waals surface area contributed by atoms with E-state index in [2.05, 4.69) is 15.0 Å². The van der Waals surface area contributed by atoms with E-state index >= 15 is 0 Å². The van der Waals surface area contributed by atoms with Crippen LogP contribution in [0.3, 0.4) is 0 Å². The molecule has 0 unspecified atom stereocenters. The second kappa shape index (κ2) is 11.1. The van der Waals surface area contributed by atoms with E-state index in [1.54, 1.807) is 25.1 Å². The topological polar surface area (TPSA) is 87.8 Å². The van der Waals surface area contributed by atoms with Crippen molar-refractivity contribution in [2.24, 2.45) is 5.92 Å². The van der Waals surface area contributed by atoms with Crippen molar-refractivity contribution in [3.63, 3.8) is 0 Å². The molecule has 0 fully saturated rings. The van der Waals surface area contributed by atoms with Crippen LogP contribution in [-0.4, -0.2) is 35.6 Å². The molecule has 9 heteroatoms. The van der Waals surface area contributed by atoms with Crippen LogP contribution >= 0.6 is 11.8 Å². The van der Waals surface area contributed by atoms with Gasteiger partial charge in [-0.15, -0.1) is 11.8 Å². The fourth-order valence-corrected chi connectivity index (χ4v) is 3.34. The first-order chi connectivity index (χ1) is 13.5. The molecule has 150 valence electrons. The molecule has 0 saturated heterocycles. The fourth-order valence-electron chi connectivity index (χ4n) is 2.45. The van der Waals surface area contributed by atoms with Crippen molar-refractivity contribution in [1.29, 1.82) is 0 Å². The molecule has 1 aliphatic heterocycles. The molecule has 3 aromatic rings. The van der Waals surface area contributed by atoms with E-state index < -0.39 is 0 Å². The van der Waals surface area contributed by atoms with Crippen LogP contribution in [-0.2, 0) is 5.75 Å². The molecule has 0 spiro atoms. The molecule has 1 N–H and O–H groups in total. The normalized spacial score (nSPS) is 11.8. The van der Waals surface area contributed by atoms with Gasteiger partial charge in [0, 0.05) is 24.1 Å². The number of rotatable bonds is 5. The first kappa shape index (κ1) is 23.8. The van der Waals surface area contributed by atoms with Crippen molar-refractivity contribution in [2.75, 3.05) is 20.5 Å². The Hall–Kier alpha value is -1.45. The van der Waals surface area contributed by atoms with Crippen molar-refractivity contribution in [2.45, 2.75) is 31.7 Å². The van der Waals surface area contributed by atoms with E-state index in [9.17, 15) is 0 Å². The van der Waals surface area contributed by atoms with Crippen molar-refractivity contribution in [3.05, 3.63) is 35.7 Å². The van der Waals surface area contributed by atoms with Crippen LogP contribution < -0.4 is 48.8 Å². The minimum atomic E-state index is 0. The van der Waals surface area contributed by atoms with Crippen LogP contribution in [0.4, 0.5) is 0 Å². The summed E-state index contributed by atoms with van der Waals surface area (Å²) in [6, 6.07) is 5.59. The van der Waals surface area contributed by atoms with Gasteiger partial charge in [0.1, 0.15) is 5.75 Å². The van der Waals surface area contributed by atoms with Gasteiger partial charge in [0.15, 0.2) is 11.5 Å². The number of ether oxygens (including phenoxy) is 3. The molecular weight excluding hydrogens is 401 g/mol. The SMILES string of the molecule is CC(C)CO.COc1ccnc(CSc2nc3cc4c(cc3[n-]2)OCO4)c1C.[Na+]. The van der Waals surface area contributed by atoms with Gasteiger partial charge in [-0.2, -0.15) is 0 Å². The van der Waals surface area contributed by atoms with Crippen LogP contribution in [0.15, 0.2) is 29.6 Å². The molecular formula is C20H24N3NaO4S. The number of nitrogens with zero attached hydrogens (tertiary/aromatic N) is 3. The molecule has 7 nitrogen and oxygen atoms in total. The van der Waals surface area contributed by atoms with Gasteiger partial charge >= 0.3 is 29.6 Å². The Morgan fingerprint density at radius 2 is 1.97 bits per heavy atom. The van der Waals surface area contributed by atoms with Gasteiger partial charge in [-0.3, -0.25) is 4.98 Å². The summed E-state index contributed by atoms with van der Waals surface area (Å²) in [4.78, 5) is 13.5. The molecule has 0 amide bonds. The summed E-state index contributed by atoms with van der Waals surface area (Å²) in [5, 5.41) is 8.86. The van der Waals surface area contributed by atoms with Crippen LogP contribution in [0.5, 0.6) is 17.2 Å². The number of methoxy groups -OCH3 is 1. The predicted molar refractivity (Wildman–Crippen MR) is 108 cm³/mol. The third-order valence-corrected chi connectivity index (χ3v) is 4.94. The second-order valence-electron chi connectivity index (χ2n) is 6.65. The number of pyridine rings is 1. The molecule has 2 aromatic heterocycles. The van der Waals surface area contributed by atoms with E-state index in [0.717, 1.165) is 39.5 Å². The van der Waals surface area contributed by atoms with Crippen molar-refractivity contribution < 1.29 is 48.9 Å². The van der Waals surface area contributed by atoms with Gasteiger partial charge in [-0.05, 0) is 47.2 Å². The molecule has 4 rings (SSSR count). The van der Waals surface area contributed by atoms with Crippen molar-refractivity contribution in [3.8, 4) is 17.2 Å². The van der Waals surface area contributed by atoms with Gasteiger partial charge in [-0.25, -0.2) is 0 Å². The Labute approximate surface area is 196 Å². The number of imidazole rings is 1. The largest absolute Gasteiger partial charge is 1.00 e. The van der Waals surface area contributed by atoms with Crippen LogP contribution in [0.25, 0.3) is 11.0 Å². The van der Waals surface area contributed by atoms with Gasteiger partial charge in [-0.1, -0.05) is 13.8 Å². The number of hydrogen-bond acceptors (Lipinski definition) is 7. The molecule has 0 saturated carbocycles. The Bertz CT molecular complexity index is 908. The number of thioether (sulfide) groups is 1. The molecule has 1 aromatic carbocycles. The average molecular weight is 425 g/mol. The summed E-state index contributed by atoms with van der Waals surface area (Å²) in [6.07, 6.45) is 1.75. The van der Waals surface area contributed by atoms with E-state index in [4.69, 9.17) is 19.3 Å². The van der Waals surface area contributed by atoms with Crippen LogP contribution in [0, 0.1) is 12.8 Å². The third kappa shape index (κ3) is 6.02. The summed E-state index contributed by atoms with van der Waals surface area (Å²) in [5.74, 6) is 3.41. The molecule has 1 aliphatic rings. The monoisotopic (exact) mass is 425 g/mol. The number of aliphatic hydroxyl groups is 1. The summed E-state index contributed by atoms with van der Waals surface area (Å²) in [7, 11) is 1.66. The van der Waals surface area contributed by atoms with Gasteiger partial charge in [0.2, 0.25) is 6.79 Å². The zero-order chi connectivity index (χ0) is 20.1. The number of aromatic nitrogens is 3. The minimum absolute atomic E-state index is 0. The van der Waals surface area contributed by atoms with Gasteiger partial charge < -0.3 is 29.3 Å². The fraction of sp³-hybridized carbons (Fsp3) is 0.400. The van der Waals surface area contributed by atoms with Gasteiger partial charge in [0.05, 0.1) is 12.8 Å². The average Bonchev–Trinajstić information content (AvgIpc) is 3.31. The summed E-state index contributed by atoms with van der Waals surface area (Å²) < 4.78 is 16.1. The van der Waals surface area contributed by atoms with Crippen molar-refractivity contribution >= 4 is 22.8 Å². The molecule has 0 aliphatic carbocycles. The zero-order valence-corrected chi connectivity index (χ0v) is 20.2. The number of aliphatic hydroxyl groups excluding tert-OH is 1. The first-order valence-electron chi connectivity index (χ1n) is 8.98. The molecule has 0 bridgehead atoms. The molecule has 29 heavy (non-hydrogen) atoms. The standard InChI is InChI=1S/C16H14N3O3S.C4H10O.Na/c1-9-12(17-4-3-13(9)20-2)7-23-16-18-10-5-14-15(22-8-21-14)6-11(10)19-16;1-4(2)3-5;/h3-6H,7-8H2,1-2H3;4-5H,3H2,1-2H3;/q-1;;+1. The van der Waals surface area contributed by atoms with Gasteiger partial charge in [0.25, 0.3) is 0 Å². The maximum absolute atomic E-state index is 8.14. The second-order valence-corrected chi connectivity index (χ2v) is 7.59. The molecule has 0 atom stereocenters.